The molecule has 0 spiro atoms. The second-order valence-electron chi connectivity index (χ2n) is 6.95. The van der Waals surface area contributed by atoms with Crippen molar-refractivity contribution in [1.29, 1.82) is 0 Å². The van der Waals surface area contributed by atoms with E-state index in [0.29, 0.717) is 24.5 Å². The molecule has 3 rings (SSSR count). The first-order valence-electron chi connectivity index (χ1n) is 9.63. The molecule has 0 aliphatic rings. The number of hydrogen-bond donors (Lipinski definition) is 2. The van der Waals surface area contributed by atoms with E-state index in [1.807, 2.05) is 45.0 Å². The molecule has 2 N–H and O–H groups in total. The zero-order valence-corrected chi connectivity index (χ0v) is 17.6. The zero-order chi connectivity index (χ0) is 20.8. The fourth-order valence-corrected chi connectivity index (χ4v) is 3.80. The summed E-state index contributed by atoms with van der Waals surface area (Å²) in [5.74, 6) is 0.135. The number of amides is 2. The third kappa shape index (κ3) is 5.32. The van der Waals surface area contributed by atoms with Gasteiger partial charge in [-0.3, -0.25) is 9.59 Å². The lowest BCUT2D eigenvalue weighted by atomic mass is 10.0. The Morgan fingerprint density at radius 2 is 1.83 bits per heavy atom. The van der Waals surface area contributed by atoms with Gasteiger partial charge in [-0.15, -0.1) is 11.3 Å². The minimum atomic E-state index is -0.636. The van der Waals surface area contributed by atoms with E-state index in [-0.39, 0.29) is 17.7 Å². The number of hydrogen-bond acceptors (Lipinski definition) is 5. The number of thiazole rings is 1. The summed E-state index contributed by atoms with van der Waals surface area (Å²) in [6.07, 6.45) is 0. The van der Waals surface area contributed by atoms with Crippen LogP contribution in [0.3, 0.4) is 0 Å². The first-order valence-corrected chi connectivity index (χ1v) is 10.5. The van der Waals surface area contributed by atoms with Crippen molar-refractivity contribution in [1.82, 2.24) is 15.6 Å². The van der Waals surface area contributed by atoms with Crippen molar-refractivity contribution in [2.75, 3.05) is 6.61 Å². The van der Waals surface area contributed by atoms with E-state index in [4.69, 9.17) is 4.74 Å². The maximum absolute atomic E-state index is 12.7. The van der Waals surface area contributed by atoms with E-state index in [9.17, 15) is 9.59 Å². The molecule has 6 nitrogen and oxygen atoms in total. The predicted molar refractivity (Wildman–Crippen MR) is 115 cm³/mol. The molecule has 0 saturated heterocycles. The Kier molecular flexibility index (Phi) is 6.82. The van der Waals surface area contributed by atoms with Crippen LogP contribution in [0.15, 0.2) is 48.5 Å². The van der Waals surface area contributed by atoms with E-state index in [1.165, 1.54) is 0 Å². The lowest BCUT2D eigenvalue weighted by Crippen LogP contribution is -2.49. The topological polar surface area (TPSA) is 80.3 Å². The third-order valence-electron chi connectivity index (χ3n) is 4.42. The average Bonchev–Trinajstić information content (AvgIpc) is 3.13. The fraction of sp³-hybridized carbons (Fsp3) is 0.318. The van der Waals surface area contributed by atoms with Crippen molar-refractivity contribution in [3.63, 3.8) is 0 Å². The minimum Gasteiger partial charge on any atom is -0.494 e. The summed E-state index contributed by atoms with van der Waals surface area (Å²) in [5.41, 5.74) is 1.41. The molecule has 3 aromatic rings. The van der Waals surface area contributed by atoms with Crippen LogP contribution in [-0.2, 0) is 11.3 Å². The second kappa shape index (κ2) is 9.52. The number of aromatic nitrogens is 1. The second-order valence-corrected chi connectivity index (χ2v) is 8.06. The summed E-state index contributed by atoms with van der Waals surface area (Å²) in [5, 5.41) is 6.57. The van der Waals surface area contributed by atoms with Crippen molar-refractivity contribution in [2.45, 2.75) is 33.4 Å². The first-order chi connectivity index (χ1) is 14.0. The maximum atomic E-state index is 12.7. The summed E-state index contributed by atoms with van der Waals surface area (Å²) in [4.78, 5) is 29.8. The van der Waals surface area contributed by atoms with Crippen LogP contribution in [0.4, 0.5) is 0 Å². The van der Waals surface area contributed by atoms with Crippen molar-refractivity contribution in [2.24, 2.45) is 5.92 Å². The standard InChI is InChI=1S/C22H25N3O3S/c1-4-28-16-11-9-15(10-12-16)21(26)25-20(14(2)3)22(27)23-13-19-24-17-7-5-6-8-18(17)29-19/h5-12,14,20H,4,13H2,1-3H3,(H,23,27)(H,25,26). The highest BCUT2D eigenvalue weighted by Gasteiger charge is 2.24. The van der Waals surface area contributed by atoms with Gasteiger partial charge in [0, 0.05) is 5.56 Å². The van der Waals surface area contributed by atoms with E-state index in [2.05, 4.69) is 15.6 Å². The Hall–Kier alpha value is -2.93. The summed E-state index contributed by atoms with van der Waals surface area (Å²) in [6.45, 7) is 6.61. The van der Waals surface area contributed by atoms with Crippen LogP contribution >= 0.6 is 11.3 Å². The van der Waals surface area contributed by atoms with Gasteiger partial charge < -0.3 is 15.4 Å². The van der Waals surface area contributed by atoms with Gasteiger partial charge in [0.1, 0.15) is 16.8 Å². The Balaban J connectivity index is 1.61. The summed E-state index contributed by atoms with van der Waals surface area (Å²) in [7, 11) is 0. The number of carbonyl (C=O) groups excluding carboxylic acids is 2. The van der Waals surface area contributed by atoms with Gasteiger partial charge >= 0.3 is 0 Å². The van der Waals surface area contributed by atoms with E-state index in [0.717, 1.165) is 15.2 Å². The third-order valence-corrected chi connectivity index (χ3v) is 5.45. The van der Waals surface area contributed by atoms with E-state index in [1.54, 1.807) is 35.6 Å². The van der Waals surface area contributed by atoms with Crippen LogP contribution in [0, 0.1) is 5.92 Å². The highest BCUT2D eigenvalue weighted by molar-refractivity contribution is 7.18. The number of nitrogens with zero attached hydrogens (tertiary/aromatic N) is 1. The highest BCUT2D eigenvalue weighted by atomic mass is 32.1. The maximum Gasteiger partial charge on any atom is 0.251 e. The summed E-state index contributed by atoms with van der Waals surface area (Å²) in [6, 6.07) is 14.1. The van der Waals surface area contributed by atoms with E-state index < -0.39 is 6.04 Å². The van der Waals surface area contributed by atoms with Crippen LogP contribution in [0.1, 0.15) is 36.1 Å². The monoisotopic (exact) mass is 411 g/mol. The summed E-state index contributed by atoms with van der Waals surface area (Å²) >= 11 is 1.55. The molecule has 0 fully saturated rings. The Bertz CT molecular complexity index is 949. The average molecular weight is 412 g/mol. The molecule has 0 aliphatic heterocycles. The zero-order valence-electron chi connectivity index (χ0n) is 16.8. The van der Waals surface area contributed by atoms with Crippen molar-refractivity contribution >= 4 is 33.4 Å². The summed E-state index contributed by atoms with van der Waals surface area (Å²) < 4.78 is 6.48. The molecule has 1 atom stereocenters. The van der Waals surface area contributed by atoms with Crippen LogP contribution in [0.25, 0.3) is 10.2 Å². The van der Waals surface area contributed by atoms with Gasteiger partial charge in [0.15, 0.2) is 0 Å². The molecule has 2 amide bonds. The SMILES string of the molecule is CCOc1ccc(C(=O)NC(C(=O)NCc2nc3ccccc3s2)C(C)C)cc1. The molecule has 7 heteroatoms. The minimum absolute atomic E-state index is 0.0583. The van der Waals surface area contributed by atoms with Crippen LogP contribution in [0.5, 0.6) is 5.75 Å². The van der Waals surface area contributed by atoms with Gasteiger partial charge in [-0.25, -0.2) is 4.98 Å². The van der Waals surface area contributed by atoms with Crippen molar-refractivity contribution in [3.05, 3.63) is 59.1 Å². The molecule has 0 bridgehead atoms. The van der Waals surface area contributed by atoms with E-state index >= 15 is 0 Å². The lowest BCUT2D eigenvalue weighted by molar-refractivity contribution is -0.124. The number of nitrogens with one attached hydrogen (secondary N) is 2. The molecule has 2 aromatic carbocycles. The van der Waals surface area contributed by atoms with Gasteiger partial charge in [-0.1, -0.05) is 26.0 Å². The largest absolute Gasteiger partial charge is 0.494 e. The number of benzene rings is 2. The normalized spacial score (nSPS) is 12.0. The van der Waals surface area contributed by atoms with Gasteiger partial charge in [0.25, 0.3) is 5.91 Å². The van der Waals surface area contributed by atoms with Gasteiger partial charge in [-0.2, -0.15) is 0 Å². The Labute approximate surface area is 174 Å². The highest BCUT2D eigenvalue weighted by Crippen LogP contribution is 2.21. The van der Waals surface area contributed by atoms with Crippen molar-refractivity contribution in [3.8, 4) is 5.75 Å². The number of carbonyl (C=O) groups is 2. The Morgan fingerprint density at radius 3 is 2.48 bits per heavy atom. The number of fused-ring (bicyclic) bond motifs is 1. The van der Waals surface area contributed by atoms with Gasteiger partial charge in [-0.05, 0) is 49.2 Å². The molecular weight excluding hydrogens is 386 g/mol. The van der Waals surface area contributed by atoms with Crippen LogP contribution < -0.4 is 15.4 Å². The fourth-order valence-electron chi connectivity index (χ4n) is 2.90. The molecule has 0 aliphatic carbocycles. The number of para-hydroxylation sites is 1. The molecule has 1 unspecified atom stereocenters. The van der Waals surface area contributed by atoms with Crippen LogP contribution in [-0.4, -0.2) is 29.4 Å². The van der Waals surface area contributed by atoms with Crippen LogP contribution in [0.2, 0.25) is 0 Å². The smallest absolute Gasteiger partial charge is 0.251 e. The lowest BCUT2D eigenvalue weighted by Gasteiger charge is -2.21. The molecule has 152 valence electrons. The van der Waals surface area contributed by atoms with Crippen molar-refractivity contribution < 1.29 is 14.3 Å². The van der Waals surface area contributed by atoms with Gasteiger partial charge in [0.2, 0.25) is 5.91 Å². The molecule has 0 saturated carbocycles. The quantitative estimate of drug-likeness (QED) is 0.591. The molecular formula is C22H25N3O3S. The predicted octanol–water partition coefficient (Wildman–Crippen LogP) is 3.77. The molecule has 1 aromatic heterocycles. The molecule has 29 heavy (non-hydrogen) atoms. The molecule has 0 radical (unpaired) electrons. The Morgan fingerprint density at radius 1 is 1.10 bits per heavy atom. The number of rotatable bonds is 8. The number of ether oxygens (including phenoxy) is 1. The molecule has 1 heterocycles. The van der Waals surface area contributed by atoms with Gasteiger partial charge in [0.05, 0.1) is 23.4 Å². The first kappa shape index (κ1) is 20.8.